The van der Waals surface area contributed by atoms with Gasteiger partial charge in [0.25, 0.3) is 0 Å². The van der Waals surface area contributed by atoms with Crippen molar-refractivity contribution in [1.29, 1.82) is 0 Å². The van der Waals surface area contributed by atoms with Crippen molar-refractivity contribution >= 4 is 34.0 Å². The lowest BCUT2D eigenvalue weighted by molar-refractivity contribution is 0.414. The van der Waals surface area contributed by atoms with E-state index in [1.165, 1.54) is 14.2 Å². The van der Waals surface area contributed by atoms with Crippen molar-refractivity contribution in [2.75, 3.05) is 14.2 Å². The van der Waals surface area contributed by atoms with Gasteiger partial charge in [-0.05, 0) is 36.4 Å². The van der Waals surface area contributed by atoms with Crippen LogP contribution < -0.4 is 9.47 Å². The van der Waals surface area contributed by atoms with Crippen LogP contribution in [0.3, 0.4) is 0 Å². The van der Waals surface area contributed by atoms with Gasteiger partial charge in [0.1, 0.15) is 11.5 Å². The number of rotatable bonds is 4. The van der Waals surface area contributed by atoms with E-state index in [4.69, 9.17) is 32.7 Å². The van der Waals surface area contributed by atoms with Crippen LogP contribution in [-0.4, -0.2) is 18.4 Å². The SMILES string of the molecule is COc1ccc(S(=O)c2ccc(OC)c(Cl)c2)cc1Cl. The Kier molecular flexibility index (Phi) is 4.91. The summed E-state index contributed by atoms with van der Waals surface area (Å²) in [6.07, 6.45) is 0. The van der Waals surface area contributed by atoms with Crippen LogP contribution in [0.1, 0.15) is 0 Å². The summed E-state index contributed by atoms with van der Waals surface area (Å²) in [6, 6.07) is 10.0. The molecule has 0 spiro atoms. The largest absolute Gasteiger partial charge is 0.495 e. The highest BCUT2D eigenvalue weighted by Gasteiger charge is 2.12. The van der Waals surface area contributed by atoms with Gasteiger partial charge in [-0.15, -0.1) is 0 Å². The summed E-state index contributed by atoms with van der Waals surface area (Å²) in [5, 5.41) is 0.830. The molecular weight excluding hydrogens is 319 g/mol. The molecule has 106 valence electrons. The van der Waals surface area contributed by atoms with Crippen molar-refractivity contribution in [2.45, 2.75) is 9.79 Å². The van der Waals surface area contributed by atoms with E-state index in [2.05, 4.69) is 0 Å². The Hall–Kier alpha value is -1.23. The van der Waals surface area contributed by atoms with Crippen molar-refractivity contribution in [3.8, 4) is 11.5 Å². The first kappa shape index (κ1) is 15.2. The molecule has 0 aliphatic carbocycles. The van der Waals surface area contributed by atoms with Crippen molar-refractivity contribution in [2.24, 2.45) is 0 Å². The molecule has 0 saturated heterocycles. The molecule has 0 amide bonds. The Bertz CT molecular complexity index is 603. The zero-order valence-electron chi connectivity index (χ0n) is 10.9. The van der Waals surface area contributed by atoms with Crippen molar-refractivity contribution in [1.82, 2.24) is 0 Å². The summed E-state index contributed by atoms with van der Waals surface area (Å²) in [6.45, 7) is 0. The second kappa shape index (κ2) is 6.48. The summed E-state index contributed by atoms with van der Waals surface area (Å²) < 4.78 is 22.6. The molecule has 0 atom stereocenters. The second-order valence-corrected chi connectivity index (χ2v) is 6.16. The van der Waals surface area contributed by atoms with Gasteiger partial charge in [0, 0.05) is 9.79 Å². The molecule has 0 aliphatic heterocycles. The highest BCUT2D eigenvalue weighted by molar-refractivity contribution is 7.85. The molecule has 0 heterocycles. The molecule has 0 fully saturated rings. The number of ether oxygens (including phenoxy) is 2. The van der Waals surface area contributed by atoms with Crippen LogP contribution in [0.15, 0.2) is 46.2 Å². The minimum absolute atomic E-state index is 0.415. The molecule has 0 aromatic heterocycles. The van der Waals surface area contributed by atoms with Gasteiger partial charge in [0.15, 0.2) is 0 Å². The summed E-state index contributed by atoms with van der Waals surface area (Å²) >= 11 is 12.1. The Balaban J connectivity index is 2.36. The highest BCUT2D eigenvalue weighted by Crippen LogP contribution is 2.31. The number of hydrogen-bond donors (Lipinski definition) is 0. The molecule has 2 aromatic carbocycles. The average Bonchev–Trinajstić information content (AvgIpc) is 2.46. The molecule has 2 aromatic rings. The van der Waals surface area contributed by atoms with E-state index in [-0.39, 0.29) is 0 Å². The van der Waals surface area contributed by atoms with Crippen molar-refractivity contribution in [3.63, 3.8) is 0 Å². The third-order valence-corrected chi connectivity index (χ3v) is 4.63. The van der Waals surface area contributed by atoms with Gasteiger partial charge in [-0.3, -0.25) is 0 Å². The molecule has 0 aliphatic rings. The van der Waals surface area contributed by atoms with Gasteiger partial charge in [0.2, 0.25) is 0 Å². The maximum atomic E-state index is 12.5. The number of methoxy groups -OCH3 is 2. The van der Waals surface area contributed by atoms with E-state index < -0.39 is 10.8 Å². The third kappa shape index (κ3) is 3.08. The minimum Gasteiger partial charge on any atom is -0.495 e. The molecule has 0 unspecified atom stereocenters. The second-order valence-electron chi connectivity index (χ2n) is 3.86. The molecule has 0 radical (unpaired) electrons. The monoisotopic (exact) mass is 330 g/mol. The number of hydrogen-bond acceptors (Lipinski definition) is 3. The summed E-state index contributed by atoms with van der Waals surface area (Å²) in [5.41, 5.74) is 0. The van der Waals surface area contributed by atoms with E-state index >= 15 is 0 Å². The smallest absolute Gasteiger partial charge is 0.137 e. The molecule has 20 heavy (non-hydrogen) atoms. The lowest BCUT2D eigenvalue weighted by Crippen LogP contribution is -1.95. The molecule has 0 N–H and O–H groups in total. The fourth-order valence-electron chi connectivity index (χ4n) is 1.66. The van der Waals surface area contributed by atoms with E-state index in [0.717, 1.165) is 0 Å². The van der Waals surface area contributed by atoms with Gasteiger partial charge in [0.05, 0.1) is 35.1 Å². The molecular formula is C14H12Cl2O3S. The fraction of sp³-hybridized carbons (Fsp3) is 0.143. The van der Waals surface area contributed by atoms with Gasteiger partial charge in [-0.25, -0.2) is 4.21 Å². The maximum absolute atomic E-state index is 12.5. The highest BCUT2D eigenvalue weighted by atomic mass is 35.5. The summed E-state index contributed by atoms with van der Waals surface area (Å²) in [7, 11) is 1.69. The first-order chi connectivity index (χ1) is 9.56. The zero-order chi connectivity index (χ0) is 14.7. The first-order valence-corrected chi connectivity index (χ1v) is 7.56. The minimum atomic E-state index is -1.37. The molecule has 3 nitrogen and oxygen atoms in total. The van der Waals surface area contributed by atoms with Crippen LogP contribution in [0.25, 0.3) is 0 Å². The average molecular weight is 331 g/mol. The summed E-state index contributed by atoms with van der Waals surface area (Å²) in [5.74, 6) is 1.08. The lowest BCUT2D eigenvalue weighted by Gasteiger charge is -2.08. The van der Waals surface area contributed by atoms with Gasteiger partial charge >= 0.3 is 0 Å². The van der Waals surface area contributed by atoms with Crippen LogP contribution in [0.2, 0.25) is 10.0 Å². The molecule has 0 bridgehead atoms. The van der Waals surface area contributed by atoms with Crippen LogP contribution in [0, 0.1) is 0 Å². The maximum Gasteiger partial charge on any atom is 0.137 e. The van der Waals surface area contributed by atoms with Crippen LogP contribution in [0.5, 0.6) is 11.5 Å². The Morgan fingerprint density at radius 2 is 1.25 bits per heavy atom. The first-order valence-electron chi connectivity index (χ1n) is 5.65. The Morgan fingerprint density at radius 1 is 0.850 bits per heavy atom. The van der Waals surface area contributed by atoms with E-state index in [9.17, 15) is 4.21 Å². The quantitative estimate of drug-likeness (QED) is 0.843. The van der Waals surface area contributed by atoms with E-state index in [1.807, 2.05) is 0 Å². The van der Waals surface area contributed by atoms with Crippen LogP contribution in [-0.2, 0) is 10.8 Å². The lowest BCUT2D eigenvalue weighted by atomic mass is 10.3. The molecule has 2 rings (SSSR count). The van der Waals surface area contributed by atoms with Crippen molar-refractivity contribution < 1.29 is 13.7 Å². The van der Waals surface area contributed by atoms with Crippen LogP contribution >= 0.6 is 23.2 Å². The molecule has 6 heteroatoms. The topological polar surface area (TPSA) is 35.5 Å². The number of benzene rings is 2. The predicted octanol–water partition coefficient (Wildman–Crippen LogP) is 4.18. The third-order valence-electron chi connectivity index (χ3n) is 2.67. The predicted molar refractivity (Wildman–Crippen MR) is 80.7 cm³/mol. The van der Waals surface area contributed by atoms with E-state index in [1.54, 1.807) is 36.4 Å². The number of halogens is 2. The normalized spacial score (nSPS) is 10.7. The fourth-order valence-corrected chi connectivity index (χ4v) is 3.41. The van der Waals surface area contributed by atoms with Gasteiger partial charge in [-0.2, -0.15) is 0 Å². The van der Waals surface area contributed by atoms with Crippen LogP contribution in [0.4, 0.5) is 0 Å². The standard InChI is InChI=1S/C14H12Cl2O3S/c1-18-13-5-3-9(7-11(13)15)20(17)10-4-6-14(19-2)12(16)8-10/h3-8H,1-2H3. The summed E-state index contributed by atoms with van der Waals surface area (Å²) in [4.78, 5) is 1.16. The van der Waals surface area contributed by atoms with Gasteiger partial charge < -0.3 is 9.47 Å². The van der Waals surface area contributed by atoms with Crippen molar-refractivity contribution in [3.05, 3.63) is 46.4 Å². The zero-order valence-corrected chi connectivity index (χ0v) is 13.2. The molecule has 0 saturated carbocycles. The Morgan fingerprint density at radius 3 is 1.55 bits per heavy atom. The van der Waals surface area contributed by atoms with Gasteiger partial charge in [-0.1, -0.05) is 23.2 Å². The Labute approximate surface area is 129 Å². The van der Waals surface area contributed by atoms with E-state index in [0.29, 0.717) is 31.3 Å².